The largest absolute Gasteiger partial charge is 0.380 e. The molecule has 1 N–H and O–H groups in total. The van der Waals surface area contributed by atoms with Gasteiger partial charge < -0.3 is 15.0 Å². The molecule has 1 aromatic rings. The highest BCUT2D eigenvalue weighted by Gasteiger charge is 2.21. The average Bonchev–Trinajstić information content (AvgIpc) is 3.30. The fraction of sp³-hybridized carbons (Fsp3) is 0.667. The summed E-state index contributed by atoms with van der Waals surface area (Å²) in [6.45, 7) is 2.99. The summed E-state index contributed by atoms with van der Waals surface area (Å²) in [7, 11) is 1.80. The van der Waals surface area contributed by atoms with E-state index in [2.05, 4.69) is 27.3 Å². The van der Waals surface area contributed by atoms with Crippen molar-refractivity contribution in [2.75, 3.05) is 25.1 Å². The van der Waals surface area contributed by atoms with Gasteiger partial charge in [-0.3, -0.25) is 0 Å². The van der Waals surface area contributed by atoms with E-state index in [4.69, 9.17) is 4.74 Å². The van der Waals surface area contributed by atoms with Gasteiger partial charge in [-0.05, 0) is 37.3 Å². The summed E-state index contributed by atoms with van der Waals surface area (Å²) in [5.41, 5.74) is 1.27. The lowest BCUT2D eigenvalue weighted by molar-refractivity contribution is 0.0891. The van der Waals surface area contributed by atoms with E-state index in [9.17, 15) is 0 Å². The van der Waals surface area contributed by atoms with E-state index in [0.29, 0.717) is 6.10 Å². The minimum atomic E-state index is 0.353. The molecule has 1 unspecified atom stereocenters. The van der Waals surface area contributed by atoms with Crippen molar-refractivity contribution < 1.29 is 4.74 Å². The molecular weight excluding hydrogens is 238 g/mol. The fourth-order valence-electron chi connectivity index (χ4n) is 2.60. The molecule has 1 aliphatic heterocycles. The maximum Gasteiger partial charge on any atom is 0.128 e. The lowest BCUT2D eigenvalue weighted by Crippen LogP contribution is -2.39. The Morgan fingerprint density at radius 1 is 1.37 bits per heavy atom. The quantitative estimate of drug-likeness (QED) is 0.879. The standard InChI is InChI=1S/C15H23N3O/c1-19-14-3-2-8-18(11-14)15-7-4-12(10-17-15)9-16-13-5-6-13/h4,7,10,13-14,16H,2-3,5-6,8-9,11H2,1H3. The first-order valence-electron chi connectivity index (χ1n) is 7.31. The van der Waals surface area contributed by atoms with Crippen molar-refractivity contribution in [2.45, 2.75) is 44.4 Å². The molecule has 1 aliphatic carbocycles. The molecule has 2 heterocycles. The van der Waals surface area contributed by atoms with E-state index in [0.717, 1.165) is 37.9 Å². The van der Waals surface area contributed by atoms with Crippen LogP contribution in [0, 0.1) is 0 Å². The number of piperidine rings is 1. The second-order valence-electron chi connectivity index (χ2n) is 5.63. The molecule has 3 rings (SSSR count). The van der Waals surface area contributed by atoms with Crippen molar-refractivity contribution in [3.05, 3.63) is 23.9 Å². The number of pyridine rings is 1. The Hall–Kier alpha value is -1.13. The van der Waals surface area contributed by atoms with Crippen LogP contribution < -0.4 is 10.2 Å². The first-order chi connectivity index (χ1) is 9.35. The average molecular weight is 261 g/mol. The predicted octanol–water partition coefficient (Wildman–Crippen LogP) is 1.95. The van der Waals surface area contributed by atoms with Crippen LogP contribution in [0.3, 0.4) is 0 Å². The highest BCUT2D eigenvalue weighted by Crippen LogP contribution is 2.21. The summed E-state index contributed by atoms with van der Waals surface area (Å²) < 4.78 is 5.46. The minimum Gasteiger partial charge on any atom is -0.380 e. The van der Waals surface area contributed by atoms with Gasteiger partial charge in [0.15, 0.2) is 0 Å². The summed E-state index contributed by atoms with van der Waals surface area (Å²) in [6, 6.07) is 5.08. The number of rotatable bonds is 5. The van der Waals surface area contributed by atoms with Gasteiger partial charge in [-0.2, -0.15) is 0 Å². The predicted molar refractivity (Wildman–Crippen MR) is 76.3 cm³/mol. The summed E-state index contributed by atoms with van der Waals surface area (Å²) >= 11 is 0. The molecule has 4 nitrogen and oxygen atoms in total. The molecular formula is C15H23N3O. The van der Waals surface area contributed by atoms with Crippen LogP contribution in [0.15, 0.2) is 18.3 Å². The Balaban J connectivity index is 1.57. The molecule has 0 radical (unpaired) electrons. The number of nitrogens with one attached hydrogen (secondary N) is 1. The Kier molecular flexibility index (Phi) is 3.99. The molecule has 0 amide bonds. The third-order valence-electron chi connectivity index (χ3n) is 4.02. The second-order valence-corrected chi connectivity index (χ2v) is 5.63. The SMILES string of the molecule is COC1CCCN(c2ccc(CNC3CC3)cn2)C1. The Labute approximate surface area is 115 Å². The molecule has 1 aromatic heterocycles. The maximum atomic E-state index is 5.46. The van der Waals surface area contributed by atoms with Crippen LogP contribution in [0.2, 0.25) is 0 Å². The number of nitrogens with zero attached hydrogens (tertiary/aromatic N) is 2. The third-order valence-corrected chi connectivity index (χ3v) is 4.02. The van der Waals surface area contributed by atoms with Gasteiger partial charge in [-0.1, -0.05) is 6.07 Å². The molecule has 19 heavy (non-hydrogen) atoms. The Morgan fingerprint density at radius 2 is 2.26 bits per heavy atom. The van der Waals surface area contributed by atoms with Crippen LogP contribution in [0.25, 0.3) is 0 Å². The van der Waals surface area contributed by atoms with Gasteiger partial charge in [-0.25, -0.2) is 4.98 Å². The topological polar surface area (TPSA) is 37.4 Å². The summed E-state index contributed by atoms with van der Waals surface area (Å²) in [5.74, 6) is 1.08. The minimum absolute atomic E-state index is 0.353. The molecule has 0 bridgehead atoms. The molecule has 1 atom stereocenters. The zero-order chi connectivity index (χ0) is 13.1. The normalized spacial score (nSPS) is 23.6. The van der Waals surface area contributed by atoms with E-state index in [-0.39, 0.29) is 0 Å². The smallest absolute Gasteiger partial charge is 0.128 e. The van der Waals surface area contributed by atoms with Gasteiger partial charge in [-0.15, -0.1) is 0 Å². The van der Waals surface area contributed by atoms with E-state index < -0.39 is 0 Å². The van der Waals surface area contributed by atoms with Gasteiger partial charge in [0.2, 0.25) is 0 Å². The Bertz CT molecular complexity index is 402. The van der Waals surface area contributed by atoms with Crippen molar-refractivity contribution in [1.29, 1.82) is 0 Å². The molecule has 0 spiro atoms. The van der Waals surface area contributed by atoms with Crippen molar-refractivity contribution in [3.63, 3.8) is 0 Å². The van der Waals surface area contributed by atoms with Gasteiger partial charge >= 0.3 is 0 Å². The van der Waals surface area contributed by atoms with Crippen molar-refractivity contribution in [2.24, 2.45) is 0 Å². The van der Waals surface area contributed by atoms with Crippen LogP contribution in [-0.2, 0) is 11.3 Å². The number of anilines is 1. The van der Waals surface area contributed by atoms with Gasteiger partial charge in [0.25, 0.3) is 0 Å². The number of methoxy groups -OCH3 is 1. The van der Waals surface area contributed by atoms with Crippen LogP contribution in [0.4, 0.5) is 5.82 Å². The summed E-state index contributed by atoms with van der Waals surface area (Å²) in [5, 5.41) is 3.51. The number of hydrogen-bond acceptors (Lipinski definition) is 4. The van der Waals surface area contributed by atoms with E-state index in [1.165, 1.54) is 24.8 Å². The first kappa shape index (κ1) is 12.9. The van der Waals surface area contributed by atoms with Crippen LogP contribution in [-0.4, -0.2) is 37.3 Å². The van der Waals surface area contributed by atoms with Gasteiger partial charge in [0.05, 0.1) is 6.10 Å². The number of ether oxygens (including phenoxy) is 1. The van der Waals surface area contributed by atoms with E-state index >= 15 is 0 Å². The molecule has 104 valence electrons. The van der Waals surface area contributed by atoms with Crippen LogP contribution >= 0.6 is 0 Å². The lowest BCUT2D eigenvalue weighted by atomic mass is 10.1. The second kappa shape index (κ2) is 5.88. The summed E-state index contributed by atoms with van der Waals surface area (Å²) in [4.78, 5) is 6.93. The highest BCUT2D eigenvalue weighted by molar-refractivity contribution is 5.40. The lowest BCUT2D eigenvalue weighted by Gasteiger charge is -2.32. The van der Waals surface area contributed by atoms with Crippen molar-refractivity contribution >= 4 is 5.82 Å². The van der Waals surface area contributed by atoms with Crippen molar-refractivity contribution in [1.82, 2.24) is 10.3 Å². The van der Waals surface area contributed by atoms with Crippen LogP contribution in [0.1, 0.15) is 31.2 Å². The van der Waals surface area contributed by atoms with Crippen molar-refractivity contribution in [3.8, 4) is 0 Å². The monoisotopic (exact) mass is 261 g/mol. The molecule has 4 heteroatoms. The molecule has 1 saturated carbocycles. The maximum absolute atomic E-state index is 5.46. The molecule has 2 aliphatic rings. The zero-order valence-electron chi connectivity index (χ0n) is 11.6. The van der Waals surface area contributed by atoms with E-state index in [1.54, 1.807) is 7.11 Å². The molecule has 1 saturated heterocycles. The fourth-order valence-corrected chi connectivity index (χ4v) is 2.60. The number of hydrogen-bond donors (Lipinski definition) is 1. The highest BCUT2D eigenvalue weighted by atomic mass is 16.5. The Morgan fingerprint density at radius 3 is 2.95 bits per heavy atom. The molecule has 0 aromatic carbocycles. The van der Waals surface area contributed by atoms with E-state index in [1.807, 2.05) is 6.20 Å². The van der Waals surface area contributed by atoms with Gasteiger partial charge in [0, 0.05) is 39.0 Å². The molecule has 2 fully saturated rings. The number of aromatic nitrogens is 1. The summed E-state index contributed by atoms with van der Waals surface area (Å²) in [6.07, 6.45) is 7.37. The first-order valence-corrected chi connectivity index (χ1v) is 7.31. The van der Waals surface area contributed by atoms with Crippen LogP contribution in [0.5, 0.6) is 0 Å². The van der Waals surface area contributed by atoms with Gasteiger partial charge in [0.1, 0.15) is 5.82 Å². The third kappa shape index (κ3) is 3.45. The zero-order valence-corrected chi connectivity index (χ0v) is 11.6.